The van der Waals surface area contributed by atoms with Gasteiger partial charge in [-0.15, -0.1) is 0 Å². The molecule has 82 valence electrons. The molecule has 6 heteroatoms. The highest BCUT2D eigenvalue weighted by Crippen LogP contribution is 2.20. The number of pyridine rings is 1. The van der Waals surface area contributed by atoms with Crippen LogP contribution in [0.25, 0.3) is 0 Å². The van der Waals surface area contributed by atoms with Crippen molar-refractivity contribution in [2.45, 2.75) is 6.92 Å². The molecule has 4 nitrogen and oxygen atoms in total. The maximum atomic E-state index is 10.7. The van der Waals surface area contributed by atoms with E-state index >= 15 is 0 Å². The Labute approximate surface area is 99.6 Å². The van der Waals surface area contributed by atoms with E-state index in [9.17, 15) is 4.79 Å². The Hall–Kier alpha value is -1.62. The number of aryl methyl sites for hydroxylation is 1. The van der Waals surface area contributed by atoms with E-state index in [0.29, 0.717) is 17.1 Å². The van der Waals surface area contributed by atoms with E-state index in [1.54, 1.807) is 20.1 Å². The lowest BCUT2D eigenvalue weighted by Gasteiger charge is -2.06. The van der Waals surface area contributed by atoms with Crippen LogP contribution < -0.4 is 5.32 Å². The second-order valence-electron chi connectivity index (χ2n) is 3.37. The van der Waals surface area contributed by atoms with E-state index in [-0.39, 0.29) is 11.3 Å². The standard InChI is InChI=1S/C10H11BClN3O/c1-6-2-8(12)10(14-4-6)15-7(5-16)3-9(11)13/h2-5,13H,11H2,1H3,(H,14,15)/b7-3-,13-9?. The van der Waals surface area contributed by atoms with Crippen molar-refractivity contribution >= 4 is 37.2 Å². The molecule has 0 amide bonds. The fraction of sp³-hybridized carbons (Fsp3) is 0.100. The minimum absolute atomic E-state index is 0.255. The molecule has 2 N–H and O–H groups in total. The van der Waals surface area contributed by atoms with Gasteiger partial charge in [-0.05, 0) is 30.2 Å². The van der Waals surface area contributed by atoms with Gasteiger partial charge in [-0.3, -0.25) is 4.79 Å². The van der Waals surface area contributed by atoms with Crippen molar-refractivity contribution in [1.82, 2.24) is 4.98 Å². The quantitative estimate of drug-likeness (QED) is 0.356. The molecule has 0 aromatic carbocycles. The number of anilines is 1. The molecular formula is C10H11BClN3O. The first kappa shape index (κ1) is 12.5. The maximum absolute atomic E-state index is 10.7. The average molecular weight is 235 g/mol. The summed E-state index contributed by atoms with van der Waals surface area (Å²) in [6, 6.07) is 1.75. The van der Waals surface area contributed by atoms with Crippen LogP contribution >= 0.6 is 11.6 Å². The number of carbonyl (C=O) groups is 1. The third-order valence-corrected chi connectivity index (χ3v) is 2.03. The number of hydrogen-bond donors (Lipinski definition) is 2. The third kappa shape index (κ3) is 3.51. The van der Waals surface area contributed by atoms with Crippen LogP contribution in [0.1, 0.15) is 5.56 Å². The van der Waals surface area contributed by atoms with Gasteiger partial charge in [0.2, 0.25) is 0 Å². The zero-order valence-corrected chi connectivity index (χ0v) is 9.80. The van der Waals surface area contributed by atoms with Gasteiger partial charge in [-0.2, -0.15) is 0 Å². The molecule has 0 aliphatic carbocycles. The fourth-order valence-corrected chi connectivity index (χ4v) is 1.36. The maximum Gasteiger partial charge on any atom is 0.166 e. The summed E-state index contributed by atoms with van der Waals surface area (Å²) in [6.45, 7) is 1.88. The molecule has 0 aliphatic heterocycles. The predicted molar refractivity (Wildman–Crippen MR) is 68.0 cm³/mol. The van der Waals surface area contributed by atoms with Gasteiger partial charge in [0, 0.05) is 6.20 Å². The number of rotatable bonds is 4. The van der Waals surface area contributed by atoms with Gasteiger partial charge >= 0.3 is 0 Å². The minimum Gasteiger partial charge on any atom is -0.336 e. The Morgan fingerprint density at radius 2 is 2.38 bits per heavy atom. The number of nitrogens with zero attached hydrogens (tertiary/aromatic N) is 1. The van der Waals surface area contributed by atoms with Gasteiger partial charge in [-0.25, -0.2) is 4.98 Å². The molecule has 16 heavy (non-hydrogen) atoms. The number of aldehydes is 1. The molecule has 1 aromatic heterocycles. The lowest BCUT2D eigenvalue weighted by atomic mass is 10.0. The van der Waals surface area contributed by atoms with Gasteiger partial charge in [0.05, 0.1) is 10.7 Å². The van der Waals surface area contributed by atoms with Gasteiger partial charge in [-0.1, -0.05) is 11.6 Å². The third-order valence-electron chi connectivity index (χ3n) is 1.74. The van der Waals surface area contributed by atoms with Crippen LogP contribution in [-0.2, 0) is 4.79 Å². The summed E-state index contributed by atoms with van der Waals surface area (Å²) in [5.41, 5.74) is 1.47. The zero-order valence-electron chi connectivity index (χ0n) is 9.04. The largest absolute Gasteiger partial charge is 0.336 e. The van der Waals surface area contributed by atoms with Crippen molar-refractivity contribution in [3.05, 3.63) is 34.6 Å². The summed E-state index contributed by atoms with van der Waals surface area (Å²) in [5, 5.41) is 10.5. The molecular weight excluding hydrogens is 224 g/mol. The van der Waals surface area contributed by atoms with Gasteiger partial charge in [0.15, 0.2) is 14.1 Å². The van der Waals surface area contributed by atoms with Crippen LogP contribution in [0, 0.1) is 12.3 Å². The second kappa shape index (κ2) is 5.46. The molecule has 0 unspecified atom stereocenters. The van der Waals surface area contributed by atoms with Crippen molar-refractivity contribution in [2.75, 3.05) is 5.32 Å². The Kier molecular flexibility index (Phi) is 4.25. The topological polar surface area (TPSA) is 65.8 Å². The number of allylic oxidation sites excluding steroid dienone is 2. The first-order valence-corrected chi connectivity index (χ1v) is 5.02. The summed E-state index contributed by atoms with van der Waals surface area (Å²) < 4.78 is 0. The van der Waals surface area contributed by atoms with Crippen LogP contribution in [0.5, 0.6) is 0 Å². The van der Waals surface area contributed by atoms with Gasteiger partial charge in [0.1, 0.15) is 5.82 Å². The van der Waals surface area contributed by atoms with E-state index in [1.165, 1.54) is 6.08 Å². The van der Waals surface area contributed by atoms with Crippen molar-refractivity contribution in [3.8, 4) is 0 Å². The summed E-state index contributed by atoms with van der Waals surface area (Å²) in [7, 11) is 1.58. The van der Waals surface area contributed by atoms with Crippen LogP contribution in [-0.4, -0.2) is 24.7 Å². The summed E-state index contributed by atoms with van der Waals surface area (Å²) in [4.78, 5) is 14.8. The Morgan fingerprint density at radius 3 is 2.88 bits per heavy atom. The lowest BCUT2D eigenvalue weighted by molar-refractivity contribution is -0.104. The molecule has 0 atom stereocenters. The molecule has 1 heterocycles. The molecule has 0 saturated heterocycles. The minimum atomic E-state index is 0.255. The van der Waals surface area contributed by atoms with Crippen LogP contribution in [0.4, 0.5) is 5.82 Å². The lowest BCUT2D eigenvalue weighted by Crippen LogP contribution is -2.06. The smallest absolute Gasteiger partial charge is 0.166 e. The number of carbonyl (C=O) groups excluding carboxylic acids is 1. The number of hydrogen-bond acceptors (Lipinski definition) is 4. The first-order chi connectivity index (χ1) is 7.52. The highest BCUT2D eigenvalue weighted by Gasteiger charge is 2.04. The molecule has 0 radical (unpaired) electrons. The highest BCUT2D eigenvalue weighted by molar-refractivity contribution is 6.62. The summed E-state index contributed by atoms with van der Waals surface area (Å²) >= 11 is 5.95. The Bertz CT molecular complexity index is 459. The van der Waals surface area contributed by atoms with Gasteiger partial charge in [0.25, 0.3) is 0 Å². The molecule has 0 saturated carbocycles. The van der Waals surface area contributed by atoms with Crippen LogP contribution in [0.2, 0.25) is 5.02 Å². The normalized spacial score (nSPS) is 11.0. The Morgan fingerprint density at radius 1 is 1.69 bits per heavy atom. The first-order valence-electron chi connectivity index (χ1n) is 4.64. The molecule has 0 bridgehead atoms. The second-order valence-corrected chi connectivity index (χ2v) is 3.78. The predicted octanol–water partition coefficient (Wildman–Crippen LogP) is 1.15. The van der Waals surface area contributed by atoms with E-state index in [0.717, 1.165) is 5.56 Å². The van der Waals surface area contributed by atoms with Crippen LogP contribution in [0.3, 0.4) is 0 Å². The monoisotopic (exact) mass is 235 g/mol. The molecule has 1 rings (SSSR count). The van der Waals surface area contributed by atoms with E-state index < -0.39 is 0 Å². The van der Waals surface area contributed by atoms with Gasteiger partial charge < -0.3 is 10.7 Å². The van der Waals surface area contributed by atoms with Crippen molar-refractivity contribution in [1.29, 1.82) is 5.41 Å². The summed E-state index contributed by atoms with van der Waals surface area (Å²) in [6.07, 6.45) is 3.68. The van der Waals surface area contributed by atoms with Crippen molar-refractivity contribution in [2.24, 2.45) is 0 Å². The number of aromatic nitrogens is 1. The zero-order chi connectivity index (χ0) is 12.1. The number of nitrogens with one attached hydrogen (secondary N) is 2. The molecule has 0 fully saturated rings. The average Bonchev–Trinajstić information content (AvgIpc) is 2.20. The van der Waals surface area contributed by atoms with E-state index in [4.69, 9.17) is 17.0 Å². The molecule has 1 aromatic rings. The van der Waals surface area contributed by atoms with E-state index in [1.807, 2.05) is 6.92 Å². The van der Waals surface area contributed by atoms with Crippen molar-refractivity contribution in [3.63, 3.8) is 0 Å². The van der Waals surface area contributed by atoms with E-state index in [2.05, 4.69) is 10.3 Å². The van der Waals surface area contributed by atoms with Crippen LogP contribution in [0.15, 0.2) is 24.0 Å². The number of halogens is 1. The Balaban J connectivity index is 2.95. The highest BCUT2D eigenvalue weighted by atomic mass is 35.5. The molecule has 0 spiro atoms. The fourth-order valence-electron chi connectivity index (χ4n) is 1.10. The molecule has 0 aliphatic rings. The summed E-state index contributed by atoms with van der Waals surface area (Å²) in [5.74, 6) is 0.409. The van der Waals surface area contributed by atoms with Crippen molar-refractivity contribution < 1.29 is 4.79 Å². The SMILES string of the molecule is BC(=N)/C=C(/C=O)Nc1ncc(C)cc1Cl.